The van der Waals surface area contributed by atoms with Crippen LogP contribution in [0.5, 0.6) is 5.75 Å². The lowest BCUT2D eigenvalue weighted by Crippen LogP contribution is -3.06. The predicted molar refractivity (Wildman–Crippen MR) is 55.9 cm³/mol. The number of carbonyl (C=O) groups is 1. The smallest absolute Gasteiger partial charge is 0.217 e. The minimum absolute atomic E-state index is 0. The molecule has 1 aliphatic rings. The SMILES string of the molecule is O=C(C[NH+]1C=CN=C1)c1ccc(O)cc1.[Cl-]. The Hall–Kier alpha value is -1.65. The molecule has 2 rings (SSSR count). The van der Waals surface area contributed by atoms with E-state index in [1.165, 1.54) is 12.1 Å². The van der Waals surface area contributed by atoms with Gasteiger partial charge in [0.1, 0.15) is 11.9 Å². The Balaban J connectivity index is 0.00000128. The Morgan fingerprint density at radius 2 is 2.00 bits per heavy atom. The minimum atomic E-state index is 0. The molecular formula is C11H11ClN2O2. The minimum Gasteiger partial charge on any atom is -1.00 e. The molecule has 0 aliphatic carbocycles. The molecule has 1 heterocycles. The van der Waals surface area contributed by atoms with Gasteiger partial charge in [-0.05, 0) is 24.3 Å². The van der Waals surface area contributed by atoms with Crippen molar-refractivity contribution in [3.8, 4) is 5.75 Å². The molecule has 0 aromatic heterocycles. The topological polar surface area (TPSA) is 54.1 Å². The summed E-state index contributed by atoms with van der Waals surface area (Å²) >= 11 is 0. The molecular weight excluding hydrogens is 228 g/mol. The highest BCUT2D eigenvalue weighted by Gasteiger charge is 2.14. The van der Waals surface area contributed by atoms with E-state index in [1.54, 1.807) is 24.7 Å². The summed E-state index contributed by atoms with van der Waals surface area (Å²) in [6.45, 7) is 0.352. The monoisotopic (exact) mass is 238 g/mol. The molecule has 16 heavy (non-hydrogen) atoms. The van der Waals surface area contributed by atoms with Crippen LogP contribution in [-0.4, -0.2) is 23.8 Å². The molecule has 84 valence electrons. The maximum absolute atomic E-state index is 11.7. The molecule has 1 aromatic rings. The van der Waals surface area contributed by atoms with Gasteiger partial charge in [-0.25, -0.2) is 4.99 Å². The Bertz CT molecular complexity index is 414. The maximum Gasteiger partial charge on any atom is 0.217 e. The van der Waals surface area contributed by atoms with Gasteiger partial charge in [0, 0.05) is 5.56 Å². The van der Waals surface area contributed by atoms with Gasteiger partial charge in [-0.1, -0.05) is 0 Å². The van der Waals surface area contributed by atoms with E-state index in [1.807, 2.05) is 6.20 Å². The number of hydrogen-bond donors (Lipinski definition) is 2. The largest absolute Gasteiger partial charge is 1.00 e. The highest BCUT2D eigenvalue weighted by molar-refractivity contribution is 5.97. The second-order valence-electron chi connectivity index (χ2n) is 3.32. The molecule has 1 aromatic carbocycles. The average molecular weight is 239 g/mol. The molecule has 0 radical (unpaired) electrons. The summed E-state index contributed by atoms with van der Waals surface area (Å²) in [7, 11) is 0. The first-order chi connectivity index (χ1) is 7.25. The predicted octanol–water partition coefficient (Wildman–Crippen LogP) is -3.02. The number of aliphatic imine (C=N–C) groups is 1. The number of phenols is 1. The van der Waals surface area contributed by atoms with Gasteiger partial charge in [0.15, 0.2) is 12.9 Å². The quantitative estimate of drug-likeness (QED) is 0.551. The second-order valence-corrected chi connectivity index (χ2v) is 3.32. The standard InChI is InChI=1S/C11H10N2O2.ClH/c14-10-3-1-9(2-4-10)11(15)7-13-6-5-12-8-13;/h1-6,8,14H,7H2;1H. The van der Waals surface area contributed by atoms with Crippen molar-refractivity contribution in [2.75, 3.05) is 6.54 Å². The first-order valence-electron chi connectivity index (χ1n) is 4.63. The number of carbonyl (C=O) groups excluding carboxylic acids is 1. The summed E-state index contributed by atoms with van der Waals surface area (Å²) in [6.07, 6.45) is 5.16. The van der Waals surface area contributed by atoms with Crippen LogP contribution in [0.1, 0.15) is 10.4 Å². The molecule has 1 unspecified atom stereocenters. The van der Waals surface area contributed by atoms with E-state index in [-0.39, 0.29) is 23.9 Å². The number of quaternary nitrogens is 1. The van der Waals surface area contributed by atoms with E-state index in [9.17, 15) is 4.79 Å². The van der Waals surface area contributed by atoms with Crippen molar-refractivity contribution >= 4 is 12.1 Å². The van der Waals surface area contributed by atoms with Crippen molar-refractivity contribution in [3.63, 3.8) is 0 Å². The first-order valence-corrected chi connectivity index (χ1v) is 4.63. The van der Waals surface area contributed by atoms with E-state index in [4.69, 9.17) is 5.11 Å². The maximum atomic E-state index is 11.7. The van der Waals surface area contributed by atoms with Crippen LogP contribution in [0.3, 0.4) is 0 Å². The van der Waals surface area contributed by atoms with Gasteiger partial charge in [0.05, 0.1) is 6.20 Å². The van der Waals surface area contributed by atoms with Crippen LogP contribution < -0.4 is 17.3 Å². The number of aromatic hydroxyl groups is 1. The van der Waals surface area contributed by atoms with Gasteiger partial charge in [-0.3, -0.25) is 9.69 Å². The van der Waals surface area contributed by atoms with Crippen LogP contribution in [0, 0.1) is 0 Å². The van der Waals surface area contributed by atoms with Gasteiger partial charge < -0.3 is 17.5 Å². The van der Waals surface area contributed by atoms with Gasteiger partial charge in [0.2, 0.25) is 5.78 Å². The first kappa shape index (κ1) is 12.4. The Morgan fingerprint density at radius 3 is 2.56 bits per heavy atom. The normalized spacial score (nSPS) is 17.1. The van der Waals surface area contributed by atoms with Gasteiger partial charge in [0.25, 0.3) is 0 Å². The number of ketones is 1. The molecule has 0 saturated heterocycles. The second kappa shape index (κ2) is 5.44. The van der Waals surface area contributed by atoms with Gasteiger partial charge in [-0.15, -0.1) is 0 Å². The van der Waals surface area contributed by atoms with Crippen LogP contribution in [0.25, 0.3) is 0 Å². The third kappa shape index (κ3) is 2.92. The number of rotatable bonds is 3. The highest BCUT2D eigenvalue weighted by atomic mass is 35.5. The Morgan fingerprint density at radius 1 is 1.31 bits per heavy atom. The summed E-state index contributed by atoms with van der Waals surface area (Å²) in [5, 5.41) is 9.07. The summed E-state index contributed by atoms with van der Waals surface area (Å²) in [5.41, 5.74) is 0.606. The molecule has 0 fully saturated rings. The number of halogens is 1. The molecule has 0 saturated carbocycles. The zero-order chi connectivity index (χ0) is 10.7. The average Bonchev–Trinajstić information content (AvgIpc) is 2.71. The number of phenolic OH excluding ortho intramolecular Hbond substituents is 1. The Kier molecular flexibility index (Phi) is 4.22. The van der Waals surface area contributed by atoms with Gasteiger partial charge in [-0.2, -0.15) is 0 Å². The van der Waals surface area contributed by atoms with Crippen LogP contribution in [0.2, 0.25) is 0 Å². The molecule has 4 nitrogen and oxygen atoms in total. The molecule has 5 heteroatoms. The highest BCUT2D eigenvalue weighted by Crippen LogP contribution is 2.09. The van der Waals surface area contributed by atoms with E-state index >= 15 is 0 Å². The van der Waals surface area contributed by atoms with E-state index in [0.717, 1.165) is 4.90 Å². The number of benzene rings is 1. The molecule has 0 bridgehead atoms. The zero-order valence-electron chi connectivity index (χ0n) is 8.43. The summed E-state index contributed by atoms with van der Waals surface area (Å²) in [6, 6.07) is 6.26. The lowest BCUT2D eigenvalue weighted by atomic mass is 10.1. The third-order valence-electron chi connectivity index (χ3n) is 2.17. The summed E-state index contributed by atoms with van der Waals surface area (Å²) in [4.78, 5) is 16.5. The van der Waals surface area contributed by atoms with Crippen molar-refractivity contribution in [1.82, 2.24) is 0 Å². The number of nitrogens with one attached hydrogen (secondary N) is 1. The van der Waals surface area contributed by atoms with Crippen LogP contribution in [-0.2, 0) is 0 Å². The van der Waals surface area contributed by atoms with Crippen LogP contribution in [0.15, 0.2) is 41.7 Å². The fourth-order valence-corrected chi connectivity index (χ4v) is 1.36. The lowest BCUT2D eigenvalue weighted by Gasteiger charge is -2.04. The molecule has 0 spiro atoms. The van der Waals surface area contributed by atoms with E-state index < -0.39 is 0 Å². The zero-order valence-corrected chi connectivity index (χ0v) is 9.19. The van der Waals surface area contributed by atoms with Gasteiger partial charge >= 0.3 is 0 Å². The van der Waals surface area contributed by atoms with E-state index in [2.05, 4.69) is 4.99 Å². The fraction of sp³-hybridized carbons (Fsp3) is 0.0909. The van der Waals surface area contributed by atoms with Crippen molar-refractivity contribution in [3.05, 3.63) is 42.2 Å². The molecule has 2 N–H and O–H groups in total. The third-order valence-corrected chi connectivity index (χ3v) is 2.17. The summed E-state index contributed by atoms with van der Waals surface area (Å²) in [5.74, 6) is 0.199. The molecule has 1 atom stereocenters. The van der Waals surface area contributed by atoms with Crippen molar-refractivity contribution in [1.29, 1.82) is 0 Å². The Labute approximate surface area is 99.3 Å². The van der Waals surface area contributed by atoms with E-state index in [0.29, 0.717) is 12.1 Å². The molecule has 1 aliphatic heterocycles. The summed E-state index contributed by atoms with van der Waals surface area (Å²) < 4.78 is 0. The number of Topliss-reactive ketones (excluding diaryl/α,β-unsaturated/α-hetero) is 1. The van der Waals surface area contributed by atoms with Crippen molar-refractivity contribution in [2.24, 2.45) is 4.99 Å². The van der Waals surface area contributed by atoms with Crippen LogP contribution >= 0.6 is 0 Å². The van der Waals surface area contributed by atoms with Crippen LogP contribution in [0.4, 0.5) is 0 Å². The number of hydrogen-bond acceptors (Lipinski definition) is 3. The van der Waals surface area contributed by atoms with Crippen molar-refractivity contribution in [2.45, 2.75) is 0 Å². The number of nitrogens with zero attached hydrogens (tertiary/aromatic N) is 1. The lowest BCUT2D eigenvalue weighted by molar-refractivity contribution is -0.725. The fourth-order valence-electron chi connectivity index (χ4n) is 1.36. The molecule has 0 amide bonds. The van der Waals surface area contributed by atoms with Crippen molar-refractivity contribution < 1.29 is 27.2 Å².